The second-order valence-electron chi connectivity index (χ2n) is 2.65. The first-order valence-corrected chi connectivity index (χ1v) is 4.82. The smallest absolute Gasteiger partial charge is 0.305 e. The number of carbonyl (C=O) groups excluding carboxylic acids is 1. The maximum Gasteiger partial charge on any atom is 0.305 e. The summed E-state index contributed by atoms with van der Waals surface area (Å²) in [6, 6.07) is 0. The number of methoxy groups -OCH3 is 1. The van der Waals surface area contributed by atoms with Crippen LogP contribution in [0.4, 0.5) is 0 Å². The van der Waals surface area contributed by atoms with Crippen molar-refractivity contribution in [2.75, 3.05) is 13.7 Å². The van der Waals surface area contributed by atoms with Crippen LogP contribution in [0.3, 0.4) is 0 Å². The molecule has 0 rings (SSSR count). The highest BCUT2D eigenvalue weighted by molar-refractivity contribution is 7.95. The van der Waals surface area contributed by atoms with Crippen LogP contribution < -0.4 is 0 Å². The highest BCUT2D eigenvalue weighted by Crippen LogP contribution is 2.11. The molecule has 0 bridgehead atoms. The molecule has 0 spiro atoms. The molecular weight excluding hydrogens is 176 g/mol. The largest absolute Gasteiger partial charge is 0.469 e. The quantitative estimate of drug-likeness (QED) is 0.366. The predicted molar refractivity (Wildman–Crippen MR) is 49.9 cm³/mol. The maximum absolute atomic E-state index is 10.6. The summed E-state index contributed by atoms with van der Waals surface area (Å²) in [5.74, 6) is -0.173. The van der Waals surface area contributed by atoms with Crippen molar-refractivity contribution < 1.29 is 13.7 Å². The first kappa shape index (κ1) is 11.8. The summed E-state index contributed by atoms with van der Waals surface area (Å²) in [6.45, 7) is 4.73. The van der Waals surface area contributed by atoms with Crippen LogP contribution in [0.15, 0.2) is 0 Å². The van der Waals surface area contributed by atoms with Crippen LogP contribution in [0.2, 0.25) is 0 Å². The molecule has 0 heterocycles. The van der Waals surface area contributed by atoms with Crippen LogP contribution in [-0.4, -0.2) is 24.9 Å². The number of hydrogen-bond acceptors (Lipinski definition) is 4. The van der Waals surface area contributed by atoms with Crippen LogP contribution in [0.25, 0.3) is 0 Å². The molecule has 3 nitrogen and oxygen atoms in total. The average Bonchev–Trinajstić information content (AvgIpc) is 2.03. The number of ether oxygens (including phenoxy) is 1. The third kappa shape index (κ3) is 7.88. The average molecular weight is 192 g/mol. The Labute approximate surface area is 78.0 Å². The van der Waals surface area contributed by atoms with Gasteiger partial charge in [0.1, 0.15) is 0 Å². The van der Waals surface area contributed by atoms with Gasteiger partial charge in [0.05, 0.1) is 13.7 Å². The van der Waals surface area contributed by atoms with E-state index >= 15 is 0 Å². The fourth-order valence-corrected chi connectivity index (χ4v) is 1.05. The van der Waals surface area contributed by atoms with E-state index in [1.54, 1.807) is 0 Å². The fraction of sp³-hybridized carbons (Fsp3) is 0.875. The Hall–Kier alpha value is -0.220. The van der Waals surface area contributed by atoms with Gasteiger partial charge in [0.15, 0.2) is 0 Å². The van der Waals surface area contributed by atoms with Gasteiger partial charge in [-0.2, -0.15) is 0 Å². The zero-order chi connectivity index (χ0) is 9.40. The van der Waals surface area contributed by atoms with Crippen LogP contribution in [0.5, 0.6) is 0 Å². The Bertz CT molecular complexity index is 125. The molecule has 0 aromatic carbocycles. The standard InChI is InChI=1S/C8H16O3S/c1-7(2)12-11-6-4-5-8(9)10-3/h7H,4-6H2,1-3H3. The van der Waals surface area contributed by atoms with E-state index in [2.05, 4.69) is 18.6 Å². The Morgan fingerprint density at radius 3 is 2.67 bits per heavy atom. The second kappa shape index (κ2) is 7.43. The van der Waals surface area contributed by atoms with Crippen molar-refractivity contribution in [2.24, 2.45) is 0 Å². The van der Waals surface area contributed by atoms with Gasteiger partial charge < -0.3 is 8.92 Å². The molecule has 12 heavy (non-hydrogen) atoms. The van der Waals surface area contributed by atoms with E-state index in [0.717, 1.165) is 6.42 Å². The van der Waals surface area contributed by atoms with Gasteiger partial charge in [-0.05, 0) is 18.5 Å². The maximum atomic E-state index is 10.6. The van der Waals surface area contributed by atoms with Crippen LogP contribution in [-0.2, 0) is 13.7 Å². The van der Waals surface area contributed by atoms with Gasteiger partial charge in [0.25, 0.3) is 0 Å². The monoisotopic (exact) mass is 192 g/mol. The summed E-state index contributed by atoms with van der Waals surface area (Å²) >= 11 is 1.44. The van der Waals surface area contributed by atoms with Crippen molar-refractivity contribution in [2.45, 2.75) is 31.9 Å². The summed E-state index contributed by atoms with van der Waals surface area (Å²) in [6.07, 6.45) is 1.17. The van der Waals surface area contributed by atoms with Gasteiger partial charge >= 0.3 is 5.97 Å². The Balaban J connectivity index is 3.05. The van der Waals surface area contributed by atoms with Crippen molar-refractivity contribution in [1.82, 2.24) is 0 Å². The van der Waals surface area contributed by atoms with Crippen molar-refractivity contribution in [3.63, 3.8) is 0 Å². The first-order valence-electron chi connectivity index (χ1n) is 4.02. The lowest BCUT2D eigenvalue weighted by molar-refractivity contribution is -0.140. The van der Waals surface area contributed by atoms with Gasteiger partial charge in [-0.25, -0.2) is 0 Å². The minimum Gasteiger partial charge on any atom is -0.469 e. The summed E-state index contributed by atoms with van der Waals surface area (Å²) in [5, 5.41) is 0.475. The molecule has 0 aromatic rings. The van der Waals surface area contributed by atoms with Crippen LogP contribution >= 0.6 is 12.0 Å². The summed E-state index contributed by atoms with van der Waals surface area (Å²) < 4.78 is 9.68. The van der Waals surface area contributed by atoms with Gasteiger partial charge in [-0.1, -0.05) is 13.8 Å². The molecule has 0 atom stereocenters. The molecule has 0 saturated carbocycles. The molecule has 0 aliphatic rings. The lowest BCUT2D eigenvalue weighted by Gasteiger charge is -2.03. The molecule has 4 heteroatoms. The van der Waals surface area contributed by atoms with Crippen LogP contribution in [0, 0.1) is 0 Å². The SMILES string of the molecule is COC(=O)CCCOSC(C)C. The van der Waals surface area contributed by atoms with Crippen LogP contribution in [0.1, 0.15) is 26.7 Å². The molecule has 0 radical (unpaired) electrons. The molecule has 0 aliphatic carbocycles. The van der Waals surface area contributed by atoms with Gasteiger partial charge in [0, 0.05) is 11.7 Å². The number of esters is 1. The number of hydrogen-bond donors (Lipinski definition) is 0. The molecule has 0 aromatic heterocycles. The Morgan fingerprint density at radius 2 is 2.17 bits per heavy atom. The van der Waals surface area contributed by atoms with Gasteiger partial charge in [-0.3, -0.25) is 4.79 Å². The Morgan fingerprint density at radius 1 is 1.50 bits per heavy atom. The van der Waals surface area contributed by atoms with Crippen molar-refractivity contribution in [3.05, 3.63) is 0 Å². The van der Waals surface area contributed by atoms with Gasteiger partial charge in [0.2, 0.25) is 0 Å². The number of rotatable bonds is 6. The molecule has 0 unspecified atom stereocenters. The molecular formula is C8H16O3S. The highest BCUT2D eigenvalue weighted by atomic mass is 32.2. The molecule has 0 aliphatic heterocycles. The van der Waals surface area contributed by atoms with E-state index in [1.165, 1.54) is 19.2 Å². The lowest BCUT2D eigenvalue weighted by atomic mass is 10.3. The van der Waals surface area contributed by atoms with E-state index in [0.29, 0.717) is 18.3 Å². The van der Waals surface area contributed by atoms with Crippen molar-refractivity contribution in [3.8, 4) is 0 Å². The third-order valence-corrected chi connectivity index (χ3v) is 1.78. The lowest BCUT2D eigenvalue weighted by Crippen LogP contribution is -2.02. The Kier molecular flexibility index (Phi) is 7.29. The minimum absolute atomic E-state index is 0.173. The van der Waals surface area contributed by atoms with E-state index < -0.39 is 0 Å². The van der Waals surface area contributed by atoms with E-state index in [1.807, 2.05) is 0 Å². The zero-order valence-corrected chi connectivity index (χ0v) is 8.65. The first-order chi connectivity index (χ1) is 5.66. The highest BCUT2D eigenvalue weighted by Gasteiger charge is 2.00. The zero-order valence-electron chi connectivity index (χ0n) is 7.83. The van der Waals surface area contributed by atoms with Crippen molar-refractivity contribution >= 4 is 18.0 Å². The van der Waals surface area contributed by atoms with E-state index in [-0.39, 0.29) is 5.97 Å². The summed E-state index contributed by atoms with van der Waals surface area (Å²) in [7, 11) is 1.39. The van der Waals surface area contributed by atoms with E-state index in [9.17, 15) is 4.79 Å². The molecule has 0 saturated heterocycles. The van der Waals surface area contributed by atoms with E-state index in [4.69, 9.17) is 4.18 Å². The normalized spacial score (nSPS) is 10.3. The fourth-order valence-electron chi connectivity index (χ4n) is 0.562. The molecule has 0 N–H and O–H groups in total. The molecule has 72 valence electrons. The minimum atomic E-state index is -0.173. The second-order valence-corrected chi connectivity index (χ2v) is 4.02. The summed E-state index contributed by atoms with van der Waals surface area (Å²) in [5.41, 5.74) is 0. The third-order valence-electron chi connectivity index (χ3n) is 1.10. The van der Waals surface area contributed by atoms with Crippen molar-refractivity contribution in [1.29, 1.82) is 0 Å². The number of carbonyl (C=O) groups is 1. The summed E-state index contributed by atoms with van der Waals surface area (Å²) in [4.78, 5) is 10.6. The molecule has 0 amide bonds. The topological polar surface area (TPSA) is 35.5 Å². The molecule has 0 fully saturated rings. The predicted octanol–water partition coefficient (Wildman–Crippen LogP) is 2.01. The van der Waals surface area contributed by atoms with Gasteiger partial charge in [-0.15, -0.1) is 0 Å².